The summed E-state index contributed by atoms with van der Waals surface area (Å²) in [5.74, 6) is -1.94. The lowest BCUT2D eigenvalue weighted by Gasteiger charge is -2.27. The second-order valence-corrected chi connectivity index (χ2v) is 10.9. The molecule has 1 aromatic carbocycles. The molecule has 3 aromatic heterocycles. The Balaban J connectivity index is 0.978. The van der Waals surface area contributed by atoms with Crippen molar-refractivity contribution < 1.29 is 28.4 Å². The van der Waals surface area contributed by atoms with Gasteiger partial charge in [-0.2, -0.15) is 0 Å². The van der Waals surface area contributed by atoms with E-state index in [4.69, 9.17) is 4.42 Å². The van der Waals surface area contributed by atoms with Gasteiger partial charge >= 0.3 is 0 Å². The van der Waals surface area contributed by atoms with Crippen LogP contribution < -0.4 is 16.0 Å². The van der Waals surface area contributed by atoms with Crippen LogP contribution in [0.25, 0.3) is 11.2 Å². The zero-order chi connectivity index (χ0) is 31.3. The summed E-state index contributed by atoms with van der Waals surface area (Å²) >= 11 is 0. The van der Waals surface area contributed by atoms with E-state index >= 15 is 0 Å². The third kappa shape index (κ3) is 6.28. The van der Waals surface area contributed by atoms with Crippen molar-refractivity contribution in [1.82, 2.24) is 30.5 Å². The number of nitrogens with one attached hydrogen (secondary N) is 3. The minimum absolute atomic E-state index is 0.0673. The average Bonchev–Trinajstić information content (AvgIpc) is 3.58. The zero-order valence-electron chi connectivity index (χ0n) is 24.3. The van der Waals surface area contributed by atoms with Gasteiger partial charge in [0.15, 0.2) is 0 Å². The van der Waals surface area contributed by atoms with Gasteiger partial charge in [-0.05, 0) is 49.6 Å². The van der Waals surface area contributed by atoms with Crippen molar-refractivity contribution in [2.24, 2.45) is 0 Å². The summed E-state index contributed by atoms with van der Waals surface area (Å²) in [7, 11) is 0. The Morgan fingerprint density at radius 2 is 1.84 bits per heavy atom. The molecule has 0 radical (unpaired) electrons. The van der Waals surface area contributed by atoms with Crippen LogP contribution >= 0.6 is 0 Å². The van der Waals surface area contributed by atoms with Crippen LogP contribution in [0.4, 0.5) is 5.69 Å². The summed E-state index contributed by atoms with van der Waals surface area (Å²) in [6.45, 7) is 0.553. The molecule has 2 aliphatic rings. The number of anilines is 1. The second-order valence-electron chi connectivity index (χ2n) is 10.9. The topological polar surface area (TPSA) is 176 Å². The molecule has 13 heteroatoms. The summed E-state index contributed by atoms with van der Waals surface area (Å²) < 4.78 is 5.83. The van der Waals surface area contributed by atoms with Crippen LogP contribution in [0.15, 0.2) is 65.5 Å². The van der Waals surface area contributed by atoms with Crippen molar-refractivity contribution >= 4 is 46.5 Å². The molecule has 0 bridgehead atoms. The number of fused-ring (bicyclic) bond motifs is 2. The molecular formula is C32H31N7O6. The van der Waals surface area contributed by atoms with Crippen LogP contribution in [-0.4, -0.2) is 62.0 Å². The van der Waals surface area contributed by atoms with Gasteiger partial charge in [-0.3, -0.25) is 39.2 Å². The maximum atomic E-state index is 13.2. The van der Waals surface area contributed by atoms with Crippen LogP contribution in [0.3, 0.4) is 0 Å². The summed E-state index contributed by atoms with van der Waals surface area (Å²) in [6.07, 6.45) is 8.54. The van der Waals surface area contributed by atoms with Gasteiger partial charge in [-0.25, -0.2) is 9.97 Å². The number of unbranched alkanes of at least 4 members (excludes halogenated alkanes) is 3. The molecule has 1 saturated heterocycles. The van der Waals surface area contributed by atoms with E-state index in [1.165, 1.54) is 0 Å². The third-order valence-corrected chi connectivity index (χ3v) is 7.87. The molecule has 45 heavy (non-hydrogen) atoms. The van der Waals surface area contributed by atoms with Gasteiger partial charge < -0.3 is 15.1 Å². The van der Waals surface area contributed by atoms with E-state index < -0.39 is 35.7 Å². The molecule has 13 nitrogen and oxygen atoms in total. The van der Waals surface area contributed by atoms with Gasteiger partial charge in [0.2, 0.25) is 29.3 Å². The predicted molar refractivity (Wildman–Crippen MR) is 161 cm³/mol. The fourth-order valence-corrected chi connectivity index (χ4v) is 5.63. The first kappa shape index (κ1) is 29.6. The molecule has 1 fully saturated rings. The number of carbonyl (C=O) groups is 5. The maximum Gasteiger partial charge on any atom is 0.264 e. The van der Waals surface area contributed by atoms with E-state index in [1.54, 1.807) is 55.0 Å². The summed E-state index contributed by atoms with van der Waals surface area (Å²) in [4.78, 5) is 76.9. The Bertz CT molecular complexity index is 1740. The molecule has 0 spiro atoms. The minimum atomic E-state index is -1.01. The van der Waals surface area contributed by atoms with Gasteiger partial charge in [-0.1, -0.05) is 25.0 Å². The number of nitrogens with zero attached hydrogens (tertiary/aromatic N) is 4. The molecule has 3 N–H and O–H groups in total. The zero-order valence-corrected chi connectivity index (χ0v) is 24.3. The molecule has 2 unspecified atom stereocenters. The quantitative estimate of drug-likeness (QED) is 0.160. The highest BCUT2D eigenvalue weighted by Gasteiger charge is 2.45. The molecule has 2 aliphatic heterocycles. The molecule has 4 aromatic rings. The van der Waals surface area contributed by atoms with Crippen LogP contribution in [0.2, 0.25) is 0 Å². The van der Waals surface area contributed by atoms with E-state index in [-0.39, 0.29) is 29.9 Å². The Hall–Kier alpha value is -5.46. The highest BCUT2D eigenvalue weighted by molar-refractivity contribution is 6.25. The highest BCUT2D eigenvalue weighted by atomic mass is 16.4. The first-order valence-corrected chi connectivity index (χ1v) is 14.9. The molecular weight excluding hydrogens is 578 g/mol. The molecule has 0 saturated carbocycles. The van der Waals surface area contributed by atoms with Gasteiger partial charge in [0.25, 0.3) is 11.8 Å². The normalized spacial score (nSPS) is 16.9. The largest absolute Gasteiger partial charge is 0.420 e. The number of carbonyl (C=O) groups excluding carboxylic acids is 5. The Kier molecular flexibility index (Phi) is 8.58. The number of rotatable bonds is 12. The molecule has 2 atom stereocenters. The number of aromatic nitrogens is 3. The molecule has 6 rings (SSSR count). The van der Waals surface area contributed by atoms with E-state index in [0.717, 1.165) is 29.7 Å². The van der Waals surface area contributed by atoms with Crippen molar-refractivity contribution in [3.8, 4) is 0 Å². The smallest absolute Gasteiger partial charge is 0.264 e. The Morgan fingerprint density at radius 1 is 1.00 bits per heavy atom. The number of imide groups is 2. The van der Waals surface area contributed by atoms with Crippen LogP contribution in [0.1, 0.15) is 83.2 Å². The van der Waals surface area contributed by atoms with Crippen molar-refractivity contribution in [2.45, 2.75) is 57.0 Å². The molecule has 5 amide bonds. The molecule has 230 valence electrons. The fourth-order valence-electron chi connectivity index (χ4n) is 5.63. The number of hydrogen-bond donors (Lipinski definition) is 3. The van der Waals surface area contributed by atoms with Crippen LogP contribution in [-0.2, 0) is 14.4 Å². The molecule has 5 heterocycles. The first-order valence-electron chi connectivity index (χ1n) is 14.9. The predicted octanol–water partition coefficient (Wildman–Crippen LogP) is 3.29. The van der Waals surface area contributed by atoms with E-state index in [0.29, 0.717) is 42.2 Å². The van der Waals surface area contributed by atoms with Crippen molar-refractivity contribution in [1.29, 1.82) is 0 Å². The van der Waals surface area contributed by atoms with Crippen molar-refractivity contribution in [3.05, 3.63) is 83.6 Å². The van der Waals surface area contributed by atoms with Gasteiger partial charge in [-0.15, -0.1) is 0 Å². The number of hydrogen-bond acceptors (Lipinski definition) is 10. The Morgan fingerprint density at radius 3 is 2.64 bits per heavy atom. The highest BCUT2D eigenvalue weighted by Crippen LogP contribution is 2.32. The lowest BCUT2D eigenvalue weighted by Crippen LogP contribution is -2.54. The SMILES string of the molecule is O=C1CCC(N2C(=O)c3cccc(NCCCCCCC(=O)NC(c4cccnc4)c4nc5cccnc5o4)c3C2=O)C(=O)N1. The third-order valence-electron chi connectivity index (χ3n) is 7.87. The number of piperidine rings is 1. The average molecular weight is 610 g/mol. The summed E-state index contributed by atoms with van der Waals surface area (Å²) in [5, 5.41) is 8.47. The van der Waals surface area contributed by atoms with Crippen molar-refractivity contribution in [2.75, 3.05) is 11.9 Å². The van der Waals surface area contributed by atoms with E-state index in [1.807, 2.05) is 6.07 Å². The number of amides is 5. The van der Waals surface area contributed by atoms with Crippen molar-refractivity contribution in [3.63, 3.8) is 0 Å². The number of benzene rings is 1. The number of pyridine rings is 2. The van der Waals surface area contributed by atoms with E-state index in [9.17, 15) is 24.0 Å². The summed E-state index contributed by atoms with van der Waals surface area (Å²) in [5.41, 5.74) is 2.74. The minimum Gasteiger partial charge on any atom is -0.420 e. The first-order chi connectivity index (χ1) is 21.9. The standard InChI is InChI=1S/C32H31N7O6/c40-24(37-27(19-8-6-15-33-18-19)30-36-22-11-7-17-35-29(22)45-30)12-3-1-2-4-16-34-21-10-5-9-20-26(21)32(44)39(31(20)43)23-13-14-25(41)38-28(23)42/h5-11,15,17-18,23,27,34H,1-4,12-14,16H2,(H,37,40)(H,38,41,42). The molecule has 0 aliphatic carbocycles. The van der Waals surface area contributed by atoms with Crippen LogP contribution in [0.5, 0.6) is 0 Å². The lowest BCUT2D eigenvalue weighted by molar-refractivity contribution is -0.136. The second kappa shape index (κ2) is 13.0. The summed E-state index contributed by atoms with van der Waals surface area (Å²) in [6, 6.07) is 10.6. The monoisotopic (exact) mass is 609 g/mol. The maximum absolute atomic E-state index is 13.2. The van der Waals surface area contributed by atoms with Gasteiger partial charge in [0.1, 0.15) is 17.6 Å². The number of oxazole rings is 1. The fraction of sp³-hybridized carbons (Fsp3) is 0.312. The Labute approximate surface area is 257 Å². The van der Waals surface area contributed by atoms with Gasteiger partial charge in [0.05, 0.1) is 11.1 Å². The van der Waals surface area contributed by atoms with E-state index in [2.05, 4.69) is 30.9 Å². The lowest BCUT2D eigenvalue weighted by atomic mass is 10.0. The van der Waals surface area contributed by atoms with Gasteiger partial charge in [0, 0.05) is 49.2 Å². The van der Waals surface area contributed by atoms with Crippen LogP contribution in [0, 0.1) is 0 Å².